The van der Waals surface area contributed by atoms with E-state index in [0.717, 1.165) is 96.3 Å². The lowest BCUT2D eigenvalue weighted by Gasteiger charge is -2.71. The van der Waals surface area contributed by atoms with Gasteiger partial charge in [0.05, 0.1) is 23.0 Å². The van der Waals surface area contributed by atoms with Crippen molar-refractivity contribution < 1.29 is 30.0 Å². The molecule has 4 N–H and O–H groups in total. The van der Waals surface area contributed by atoms with Gasteiger partial charge in [0.25, 0.3) is 0 Å². The molecule has 0 aromatic rings. The zero-order valence-electron chi connectivity index (χ0n) is 44.5. The van der Waals surface area contributed by atoms with Gasteiger partial charge in [-0.2, -0.15) is 0 Å². The SMILES string of the molecule is CC1(C)CC[C@]2(C(=O)O)CC[C@]3(C)C(=CC[C@@H]4[C@@]5(C)CC[C@H](O)C(C)(C)[C@@H]5CC[C@]43C)[C@@H]2C1.C[C@H]1[C@H](C)CC[C@]2(C(=O)O)CC[C@]3(C)C(=CC[C@@H]4[C@@]5(C)CC[C@H](O)C(C)(C)[C@@H]5CC[C@]43C)[C@H]12. The third-order valence-electron chi connectivity index (χ3n) is 26.4. The van der Waals surface area contributed by atoms with Crippen molar-refractivity contribution >= 4 is 11.9 Å². The van der Waals surface area contributed by atoms with Crippen molar-refractivity contribution in [3.8, 4) is 0 Å². The lowest BCUT2D eigenvalue weighted by molar-refractivity contribution is -0.206. The summed E-state index contributed by atoms with van der Waals surface area (Å²) in [6.07, 6.45) is 24.3. The lowest BCUT2D eigenvalue weighted by Crippen LogP contribution is -2.65. The van der Waals surface area contributed by atoms with Crippen LogP contribution in [0.4, 0.5) is 0 Å². The molecular formula is C60H96O6. The van der Waals surface area contributed by atoms with Crippen LogP contribution in [0.15, 0.2) is 23.3 Å². The molecule has 8 saturated carbocycles. The van der Waals surface area contributed by atoms with Crippen molar-refractivity contribution in [2.45, 2.75) is 231 Å². The van der Waals surface area contributed by atoms with Gasteiger partial charge in [0.1, 0.15) is 0 Å². The highest BCUT2D eigenvalue weighted by Gasteiger charge is 2.71. The molecule has 0 bridgehead atoms. The van der Waals surface area contributed by atoms with Crippen LogP contribution in [0.5, 0.6) is 0 Å². The number of carboxylic acids is 2. The number of fused-ring (bicyclic) bond motifs is 14. The van der Waals surface area contributed by atoms with E-state index in [1.165, 1.54) is 36.8 Å². The van der Waals surface area contributed by atoms with Gasteiger partial charge in [0, 0.05) is 0 Å². The van der Waals surface area contributed by atoms with Crippen LogP contribution in [0.1, 0.15) is 219 Å². The molecule has 10 aliphatic carbocycles. The van der Waals surface area contributed by atoms with Crippen LogP contribution in [0.3, 0.4) is 0 Å². The minimum absolute atomic E-state index is 0.0301. The molecule has 6 heteroatoms. The topological polar surface area (TPSA) is 115 Å². The van der Waals surface area contributed by atoms with Crippen molar-refractivity contribution in [2.24, 2.45) is 107 Å². The van der Waals surface area contributed by atoms with Gasteiger partial charge in [-0.1, -0.05) is 120 Å². The fourth-order valence-electron chi connectivity index (χ4n) is 21.5. The molecule has 10 aliphatic rings. The van der Waals surface area contributed by atoms with Crippen LogP contribution in [0.25, 0.3) is 0 Å². The number of aliphatic hydroxyl groups is 2. The second-order valence-electron chi connectivity index (χ2n) is 29.5. The average molecular weight is 913 g/mol. The summed E-state index contributed by atoms with van der Waals surface area (Å²) in [5, 5.41) is 42.8. The highest BCUT2D eigenvalue weighted by molar-refractivity contribution is 5.77. The Hall–Kier alpha value is -1.66. The van der Waals surface area contributed by atoms with E-state index in [0.29, 0.717) is 35.5 Å². The molecule has 10 rings (SSSR count). The van der Waals surface area contributed by atoms with E-state index >= 15 is 0 Å². The molecule has 0 radical (unpaired) electrons. The highest BCUT2D eigenvalue weighted by atomic mass is 16.4. The summed E-state index contributed by atoms with van der Waals surface area (Å²) >= 11 is 0. The second-order valence-corrected chi connectivity index (χ2v) is 29.5. The van der Waals surface area contributed by atoms with E-state index in [1.54, 1.807) is 0 Å². The average Bonchev–Trinajstić information content (AvgIpc) is 3.22. The number of hydrogen-bond acceptors (Lipinski definition) is 4. The third kappa shape index (κ3) is 6.21. The van der Waals surface area contributed by atoms with E-state index in [-0.39, 0.29) is 72.8 Å². The molecule has 66 heavy (non-hydrogen) atoms. The van der Waals surface area contributed by atoms with E-state index < -0.39 is 22.8 Å². The van der Waals surface area contributed by atoms with Gasteiger partial charge < -0.3 is 20.4 Å². The molecule has 0 saturated heterocycles. The number of aliphatic carboxylic acids is 2. The number of aliphatic hydroxyl groups excluding tert-OH is 2. The molecule has 0 aromatic carbocycles. The first-order valence-electron chi connectivity index (χ1n) is 27.6. The van der Waals surface area contributed by atoms with Gasteiger partial charge in [-0.05, 0) is 218 Å². The molecule has 0 aromatic heterocycles. The fraction of sp³-hybridized carbons (Fsp3) is 0.900. The highest BCUT2D eigenvalue weighted by Crippen LogP contribution is 2.78. The number of carboxylic acid groups (broad SMARTS) is 2. The molecule has 8 fully saturated rings. The van der Waals surface area contributed by atoms with E-state index in [4.69, 9.17) is 0 Å². The molecule has 0 aliphatic heterocycles. The van der Waals surface area contributed by atoms with E-state index in [9.17, 15) is 30.0 Å². The number of rotatable bonds is 2. The number of carbonyl (C=O) groups is 2. The molecule has 0 amide bonds. The van der Waals surface area contributed by atoms with Crippen molar-refractivity contribution in [3.05, 3.63) is 23.3 Å². The molecule has 0 spiro atoms. The summed E-state index contributed by atoms with van der Waals surface area (Å²) in [4.78, 5) is 25.5. The van der Waals surface area contributed by atoms with E-state index in [2.05, 4.69) is 109 Å². The summed E-state index contributed by atoms with van der Waals surface area (Å²) in [5.74, 6) is 2.63. The Morgan fingerprint density at radius 2 is 0.939 bits per heavy atom. The normalized spacial score (nSPS) is 53.9. The quantitative estimate of drug-likeness (QED) is 0.205. The van der Waals surface area contributed by atoms with Gasteiger partial charge in [0.2, 0.25) is 0 Å². The zero-order valence-corrected chi connectivity index (χ0v) is 44.5. The number of allylic oxidation sites excluding steroid dienone is 4. The van der Waals surface area contributed by atoms with Crippen LogP contribution in [-0.4, -0.2) is 44.6 Å². The van der Waals surface area contributed by atoms with Crippen LogP contribution in [0.2, 0.25) is 0 Å². The lowest BCUT2D eigenvalue weighted by atomic mass is 9.33. The van der Waals surface area contributed by atoms with Gasteiger partial charge >= 0.3 is 11.9 Å². The molecule has 6 nitrogen and oxygen atoms in total. The van der Waals surface area contributed by atoms with Crippen LogP contribution in [0, 0.1) is 107 Å². The van der Waals surface area contributed by atoms with E-state index in [1.807, 2.05) is 0 Å². The minimum atomic E-state index is -0.557. The maximum Gasteiger partial charge on any atom is 0.310 e. The number of hydrogen-bond donors (Lipinski definition) is 4. The molecular weight excluding hydrogens is 817 g/mol. The van der Waals surface area contributed by atoms with Crippen LogP contribution >= 0.6 is 0 Å². The monoisotopic (exact) mass is 913 g/mol. The Balaban J connectivity index is 0.000000166. The van der Waals surface area contributed by atoms with Crippen molar-refractivity contribution in [2.75, 3.05) is 0 Å². The Kier molecular flexibility index (Phi) is 11.3. The first-order valence-corrected chi connectivity index (χ1v) is 27.6. The standard InChI is InChI=1S/2C30H48O3/c1-18-10-15-30(25(32)33)17-16-28(6)20(24(30)19(18)2)8-9-22-27(5)13-12-23(31)26(3,4)21(27)11-14-29(22,28)7;1-25(2)14-16-30(24(32)33)17-15-28(6)19(20(30)18-25)8-9-22-27(5)12-11-23(31)26(3,4)21(27)10-13-29(22,28)7/h8,18-19,21-24,31H,9-17H2,1-7H3,(H,32,33);8,20-23,31H,9-18H2,1-7H3,(H,32,33)/t18-,19+,21+,22-,23+,24+,27+,28-,29-,30+;20-,21-,22+,23-,27-,28+,29+,30-/m10/s1. The zero-order chi connectivity index (χ0) is 48.4. The maximum atomic E-state index is 12.8. The van der Waals surface area contributed by atoms with Crippen LogP contribution in [-0.2, 0) is 9.59 Å². The summed E-state index contributed by atoms with van der Waals surface area (Å²) in [6.45, 7) is 33.9. The van der Waals surface area contributed by atoms with Gasteiger partial charge in [0.15, 0.2) is 0 Å². The van der Waals surface area contributed by atoms with Gasteiger partial charge in [-0.3, -0.25) is 9.59 Å². The van der Waals surface area contributed by atoms with Crippen molar-refractivity contribution in [3.63, 3.8) is 0 Å². The fourth-order valence-corrected chi connectivity index (χ4v) is 21.5. The van der Waals surface area contributed by atoms with Gasteiger partial charge in [-0.15, -0.1) is 0 Å². The predicted octanol–water partition coefficient (Wildman–Crippen LogP) is 14.3. The third-order valence-corrected chi connectivity index (χ3v) is 26.4. The maximum absolute atomic E-state index is 12.8. The van der Waals surface area contributed by atoms with Crippen molar-refractivity contribution in [1.29, 1.82) is 0 Å². The predicted molar refractivity (Wildman–Crippen MR) is 265 cm³/mol. The summed E-state index contributed by atoms with van der Waals surface area (Å²) in [7, 11) is 0. The Bertz CT molecular complexity index is 2040. The first kappa shape index (κ1) is 49.3. The molecule has 18 atom stereocenters. The summed E-state index contributed by atoms with van der Waals surface area (Å²) in [6, 6.07) is 0. The summed E-state index contributed by atoms with van der Waals surface area (Å²) < 4.78 is 0. The Morgan fingerprint density at radius 3 is 1.42 bits per heavy atom. The smallest absolute Gasteiger partial charge is 0.310 e. The molecule has 0 unspecified atom stereocenters. The van der Waals surface area contributed by atoms with Crippen LogP contribution < -0.4 is 0 Å². The van der Waals surface area contributed by atoms with Crippen molar-refractivity contribution in [1.82, 2.24) is 0 Å². The molecule has 0 heterocycles. The largest absolute Gasteiger partial charge is 0.481 e. The summed E-state index contributed by atoms with van der Waals surface area (Å²) in [5.41, 5.74) is 3.13. The second kappa shape index (κ2) is 15.2. The Labute approximate surface area is 401 Å². The molecule has 372 valence electrons. The first-order chi connectivity index (χ1) is 30.4. The Morgan fingerprint density at radius 1 is 0.500 bits per heavy atom. The minimum Gasteiger partial charge on any atom is -0.481 e. The van der Waals surface area contributed by atoms with Gasteiger partial charge in [-0.25, -0.2) is 0 Å².